The molecule has 2 rings (SSSR count). The van der Waals surface area contributed by atoms with Crippen LogP contribution in [0.1, 0.15) is 18.4 Å². The smallest absolute Gasteiger partial charge is 0.0346 e. The van der Waals surface area contributed by atoms with Crippen LogP contribution < -0.4 is 5.32 Å². The number of pyridine rings is 1. The average molecular weight is 257 g/mol. The molecule has 0 radical (unpaired) electrons. The Balaban J connectivity index is 1.82. The molecule has 0 bridgehead atoms. The van der Waals surface area contributed by atoms with E-state index >= 15 is 0 Å². The lowest BCUT2D eigenvalue weighted by atomic mass is 10.1. The van der Waals surface area contributed by atoms with Gasteiger partial charge >= 0.3 is 0 Å². The first kappa shape index (κ1) is 14.0. The zero-order chi connectivity index (χ0) is 13.5. The molecule has 1 heterocycles. The van der Waals surface area contributed by atoms with E-state index in [1.807, 2.05) is 12.4 Å². The van der Waals surface area contributed by atoms with Gasteiger partial charge in [-0.3, -0.25) is 4.98 Å². The second-order valence-electron chi connectivity index (χ2n) is 5.20. The number of nitrogens with zero attached hydrogens (tertiary/aromatic N) is 2. The van der Waals surface area contributed by atoms with Crippen LogP contribution in [0.4, 0.5) is 0 Å². The maximum atomic E-state index is 4.17. The van der Waals surface area contributed by atoms with Crippen LogP contribution in [0.15, 0.2) is 36.7 Å². The van der Waals surface area contributed by atoms with Crippen molar-refractivity contribution in [3.8, 4) is 0 Å². The van der Waals surface area contributed by atoms with Gasteiger partial charge in [0.15, 0.2) is 0 Å². The van der Waals surface area contributed by atoms with E-state index in [1.54, 1.807) is 0 Å². The molecule has 3 nitrogen and oxygen atoms in total. The zero-order valence-corrected chi connectivity index (χ0v) is 11.9. The van der Waals surface area contributed by atoms with Gasteiger partial charge in [0.1, 0.15) is 0 Å². The van der Waals surface area contributed by atoms with Crippen molar-refractivity contribution in [2.75, 3.05) is 27.2 Å². The van der Waals surface area contributed by atoms with Crippen LogP contribution in [0.2, 0.25) is 0 Å². The predicted molar refractivity (Wildman–Crippen MR) is 81.2 cm³/mol. The Morgan fingerprint density at radius 1 is 1.16 bits per heavy atom. The van der Waals surface area contributed by atoms with Crippen molar-refractivity contribution in [1.82, 2.24) is 15.2 Å². The number of benzene rings is 1. The molecule has 0 spiro atoms. The summed E-state index contributed by atoms with van der Waals surface area (Å²) in [4.78, 5) is 6.40. The Bertz CT molecular complexity index is 503. The van der Waals surface area contributed by atoms with Gasteiger partial charge in [-0.15, -0.1) is 0 Å². The van der Waals surface area contributed by atoms with E-state index in [4.69, 9.17) is 0 Å². The van der Waals surface area contributed by atoms with Gasteiger partial charge < -0.3 is 10.2 Å². The molecule has 0 saturated carbocycles. The first-order valence-electron chi connectivity index (χ1n) is 6.94. The van der Waals surface area contributed by atoms with Crippen LogP contribution in [-0.4, -0.2) is 37.1 Å². The van der Waals surface area contributed by atoms with Gasteiger partial charge in [0.05, 0.1) is 0 Å². The molecular formula is C16H23N3. The molecule has 0 unspecified atom stereocenters. The molecule has 0 atom stereocenters. The summed E-state index contributed by atoms with van der Waals surface area (Å²) < 4.78 is 0. The second kappa shape index (κ2) is 7.22. The number of unbranched alkanes of at least 4 members (excludes halogenated alkanes) is 1. The third-order valence-corrected chi connectivity index (χ3v) is 3.30. The fourth-order valence-electron chi connectivity index (χ4n) is 2.24. The van der Waals surface area contributed by atoms with Gasteiger partial charge in [0.2, 0.25) is 0 Å². The number of hydrogen-bond acceptors (Lipinski definition) is 3. The third kappa shape index (κ3) is 4.30. The molecule has 1 aromatic heterocycles. The number of rotatable bonds is 7. The molecule has 0 amide bonds. The lowest BCUT2D eigenvalue weighted by Crippen LogP contribution is -2.18. The Labute approximate surface area is 115 Å². The third-order valence-electron chi connectivity index (χ3n) is 3.30. The van der Waals surface area contributed by atoms with Gasteiger partial charge in [-0.05, 0) is 57.0 Å². The molecule has 19 heavy (non-hydrogen) atoms. The van der Waals surface area contributed by atoms with Crippen molar-refractivity contribution < 1.29 is 0 Å². The van der Waals surface area contributed by atoms with Gasteiger partial charge in [-0.2, -0.15) is 0 Å². The maximum Gasteiger partial charge on any atom is 0.0346 e. The second-order valence-corrected chi connectivity index (χ2v) is 5.20. The normalized spacial score (nSPS) is 11.3. The number of aromatic nitrogens is 1. The summed E-state index contributed by atoms with van der Waals surface area (Å²) in [5.41, 5.74) is 1.35. The first-order chi connectivity index (χ1) is 9.27. The minimum Gasteiger partial charge on any atom is -0.313 e. The lowest BCUT2D eigenvalue weighted by molar-refractivity contribution is 0.391. The fraction of sp³-hybridized carbons (Fsp3) is 0.438. The highest BCUT2D eigenvalue weighted by atomic mass is 15.0. The highest BCUT2D eigenvalue weighted by molar-refractivity contribution is 5.84. The van der Waals surface area contributed by atoms with E-state index in [1.165, 1.54) is 35.7 Å². The summed E-state index contributed by atoms with van der Waals surface area (Å²) in [6.07, 6.45) is 6.27. The maximum absolute atomic E-state index is 4.17. The minimum atomic E-state index is 0.934. The Kier molecular flexibility index (Phi) is 5.31. The molecule has 3 heteroatoms. The number of fused-ring (bicyclic) bond motifs is 1. The lowest BCUT2D eigenvalue weighted by Gasteiger charge is -2.10. The molecule has 0 fully saturated rings. The van der Waals surface area contributed by atoms with Gasteiger partial charge in [0.25, 0.3) is 0 Å². The molecule has 0 aliphatic heterocycles. The van der Waals surface area contributed by atoms with E-state index in [9.17, 15) is 0 Å². The topological polar surface area (TPSA) is 28.2 Å². The van der Waals surface area contributed by atoms with Crippen molar-refractivity contribution >= 4 is 10.8 Å². The average Bonchev–Trinajstić information content (AvgIpc) is 2.42. The van der Waals surface area contributed by atoms with Crippen molar-refractivity contribution in [2.24, 2.45) is 0 Å². The number of hydrogen-bond donors (Lipinski definition) is 1. The summed E-state index contributed by atoms with van der Waals surface area (Å²) >= 11 is 0. The molecular weight excluding hydrogens is 234 g/mol. The Morgan fingerprint density at radius 2 is 2.05 bits per heavy atom. The zero-order valence-electron chi connectivity index (χ0n) is 11.9. The van der Waals surface area contributed by atoms with Crippen LogP contribution in [0.5, 0.6) is 0 Å². The molecule has 0 aliphatic rings. The summed E-state index contributed by atoms with van der Waals surface area (Å²) in [7, 11) is 4.25. The Morgan fingerprint density at radius 3 is 2.89 bits per heavy atom. The van der Waals surface area contributed by atoms with Crippen LogP contribution >= 0.6 is 0 Å². The Hall–Kier alpha value is -1.45. The van der Waals surface area contributed by atoms with Gasteiger partial charge in [0, 0.05) is 24.3 Å². The summed E-state index contributed by atoms with van der Waals surface area (Å²) in [5, 5.41) is 6.05. The predicted octanol–water partition coefficient (Wildman–Crippen LogP) is 2.67. The van der Waals surface area contributed by atoms with E-state index in [0.29, 0.717) is 0 Å². The van der Waals surface area contributed by atoms with Crippen molar-refractivity contribution in [3.05, 3.63) is 42.2 Å². The molecule has 0 aliphatic carbocycles. The quantitative estimate of drug-likeness (QED) is 0.773. The summed E-state index contributed by atoms with van der Waals surface area (Å²) in [6.45, 7) is 3.18. The molecule has 0 saturated heterocycles. The first-order valence-corrected chi connectivity index (χ1v) is 6.94. The summed E-state index contributed by atoms with van der Waals surface area (Å²) in [5.74, 6) is 0. The summed E-state index contributed by atoms with van der Waals surface area (Å²) in [6, 6.07) is 8.50. The largest absolute Gasteiger partial charge is 0.313 e. The van der Waals surface area contributed by atoms with E-state index in [-0.39, 0.29) is 0 Å². The molecule has 2 aromatic rings. The van der Waals surface area contributed by atoms with Crippen LogP contribution in [-0.2, 0) is 6.54 Å². The molecule has 102 valence electrons. The van der Waals surface area contributed by atoms with Crippen molar-refractivity contribution in [1.29, 1.82) is 0 Å². The van der Waals surface area contributed by atoms with E-state index in [2.05, 4.69) is 53.6 Å². The monoisotopic (exact) mass is 257 g/mol. The van der Waals surface area contributed by atoms with Crippen LogP contribution in [0, 0.1) is 0 Å². The standard InChI is InChI=1S/C16H23N3/c1-19(2)11-4-3-9-17-12-14-6-5-7-15-13-18-10-8-16(14)15/h5-8,10,13,17H,3-4,9,11-12H2,1-2H3. The van der Waals surface area contributed by atoms with Crippen LogP contribution in [0.3, 0.4) is 0 Å². The minimum absolute atomic E-state index is 0.934. The van der Waals surface area contributed by atoms with E-state index < -0.39 is 0 Å². The van der Waals surface area contributed by atoms with Gasteiger partial charge in [-0.25, -0.2) is 0 Å². The highest BCUT2D eigenvalue weighted by Gasteiger charge is 1.99. The highest BCUT2D eigenvalue weighted by Crippen LogP contribution is 2.16. The van der Waals surface area contributed by atoms with Crippen LogP contribution in [0.25, 0.3) is 10.8 Å². The number of nitrogens with one attached hydrogen (secondary N) is 1. The fourth-order valence-corrected chi connectivity index (χ4v) is 2.24. The van der Waals surface area contributed by atoms with Crippen molar-refractivity contribution in [3.63, 3.8) is 0 Å². The van der Waals surface area contributed by atoms with Crippen molar-refractivity contribution in [2.45, 2.75) is 19.4 Å². The van der Waals surface area contributed by atoms with Gasteiger partial charge in [-0.1, -0.05) is 18.2 Å². The molecule has 1 aromatic carbocycles. The SMILES string of the molecule is CN(C)CCCCNCc1cccc2cnccc12. The molecule has 1 N–H and O–H groups in total. The van der Waals surface area contributed by atoms with E-state index in [0.717, 1.165) is 13.1 Å².